The van der Waals surface area contributed by atoms with Crippen LogP contribution in [0.25, 0.3) is 0 Å². The zero-order chi connectivity index (χ0) is 18.2. The highest BCUT2D eigenvalue weighted by Gasteiger charge is 2.09. The number of amides is 2. The lowest BCUT2D eigenvalue weighted by atomic mass is 10.0. The molecule has 0 aliphatic rings. The molecular weight excluding hydrogens is 316 g/mol. The average Bonchev–Trinajstić information content (AvgIpc) is 2.57. The first kappa shape index (κ1) is 18.6. The van der Waals surface area contributed by atoms with E-state index >= 15 is 0 Å². The van der Waals surface area contributed by atoms with Crippen LogP contribution in [-0.2, 0) is 0 Å². The molecule has 2 rings (SSSR count). The third-order valence-electron chi connectivity index (χ3n) is 3.62. The summed E-state index contributed by atoms with van der Waals surface area (Å²) in [5.74, 6) is 1.97. The van der Waals surface area contributed by atoms with Crippen LogP contribution < -0.4 is 20.1 Å². The van der Waals surface area contributed by atoms with Crippen molar-refractivity contribution in [3.05, 3.63) is 54.1 Å². The van der Waals surface area contributed by atoms with Crippen LogP contribution in [0, 0.1) is 0 Å². The molecule has 0 radical (unpaired) electrons. The van der Waals surface area contributed by atoms with Crippen molar-refractivity contribution in [1.82, 2.24) is 5.32 Å². The predicted octanol–water partition coefficient (Wildman–Crippen LogP) is 4.76. The fraction of sp³-hybridized carbons (Fsp3) is 0.350. The van der Waals surface area contributed by atoms with Gasteiger partial charge in [-0.1, -0.05) is 26.0 Å². The van der Waals surface area contributed by atoms with Crippen LogP contribution in [0.15, 0.2) is 48.5 Å². The van der Waals surface area contributed by atoms with Gasteiger partial charge in [0.15, 0.2) is 6.23 Å². The SMILES string of the molecule is CCOc1ccc(NC(=O)NC(C)Oc2ccc(C(C)C)cc2)cc1. The first-order chi connectivity index (χ1) is 12.0. The Morgan fingerprint density at radius 1 is 0.960 bits per heavy atom. The third kappa shape index (κ3) is 6.03. The van der Waals surface area contributed by atoms with Crippen LogP contribution in [0.5, 0.6) is 11.5 Å². The van der Waals surface area contributed by atoms with E-state index in [1.54, 1.807) is 19.1 Å². The van der Waals surface area contributed by atoms with Crippen molar-refractivity contribution in [2.24, 2.45) is 0 Å². The molecule has 2 N–H and O–H groups in total. The highest BCUT2D eigenvalue weighted by atomic mass is 16.5. The molecule has 2 amide bonds. The number of rotatable bonds is 7. The number of carbonyl (C=O) groups excluding carboxylic acids is 1. The Morgan fingerprint density at radius 3 is 2.12 bits per heavy atom. The average molecular weight is 342 g/mol. The summed E-state index contributed by atoms with van der Waals surface area (Å²) < 4.78 is 11.1. The molecule has 0 aliphatic heterocycles. The van der Waals surface area contributed by atoms with Crippen molar-refractivity contribution in [2.45, 2.75) is 39.8 Å². The Bertz CT molecular complexity index is 666. The van der Waals surface area contributed by atoms with Gasteiger partial charge in [0.2, 0.25) is 0 Å². The van der Waals surface area contributed by atoms with Gasteiger partial charge in [0.25, 0.3) is 0 Å². The lowest BCUT2D eigenvalue weighted by Gasteiger charge is -2.17. The van der Waals surface area contributed by atoms with Crippen molar-refractivity contribution in [3.63, 3.8) is 0 Å². The molecule has 1 atom stereocenters. The molecule has 134 valence electrons. The summed E-state index contributed by atoms with van der Waals surface area (Å²) in [6.45, 7) is 8.61. The molecule has 0 fully saturated rings. The summed E-state index contributed by atoms with van der Waals surface area (Å²) >= 11 is 0. The van der Waals surface area contributed by atoms with Crippen LogP contribution in [0.4, 0.5) is 10.5 Å². The molecule has 0 bridgehead atoms. The topological polar surface area (TPSA) is 59.6 Å². The normalized spacial score (nSPS) is 11.7. The summed E-state index contributed by atoms with van der Waals surface area (Å²) in [5.41, 5.74) is 1.94. The maximum Gasteiger partial charge on any atom is 0.322 e. The molecule has 2 aromatic rings. The number of ether oxygens (including phenoxy) is 2. The smallest absolute Gasteiger partial charge is 0.322 e. The Hall–Kier alpha value is -2.69. The van der Waals surface area contributed by atoms with E-state index in [0.717, 1.165) is 11.5 Å². The van der Waals surface area contributed by atoms with Crippen LogP contribution >= 0.6 is 0 Å². The van der Waals surface area contributed by atoms with Crippen LogP contribution in [0.3, 0.4) is 0 Å². The van der Waals surface area contributed by atoms with E-state index in [2.05, 4.69) is 24.5 Å². The van der Waals surface area contributed by atoms with E-state index in [0.29, 0.717) is 18.2 Å². The second-order valence-electron chi connectivity index (χ2n) is 6.04. The van der Waals surface area contributed by atoms with Gasteiger partial charge in [-0.3, -0.25) is 0 Å². The molecule has 25 heavy (non-hydrogen) atoms. The van der Waals surface area contributed by atoms with Gasteiger partial charge in [-0.05, 0) is 61.7 Å². The zero-order valence-electron chi connectivity index (χ0n) is 15.2. The minimum atomic E-state index is -0.451. The van der Waals surface area contributed by atoms with Gasteiger partial charge < -0.3 is 20.1 Å². The molecule has 0 saturated carbocycles. The van der Waals surface area contributed by atoms with Crippen molar-refractivity contribution in [3.8, 4) is 11.5 Å². The summed E-state index contributed by atoms with van der Waals surface area (Å²) in [6, 6.07) is 14.8. The molecule has 2 aromatic carbocycles. The highest BCUT2D eigenvalue weighted by molar-refractivity contribution is 5.89. The molecule has 5 nitrogen and oxygen atoms in total. The quantitative estimate of drug-likeness (QED) is 0.714. The first-order valence-electron chi connectivity index (χ1n) is 8.55. The largest absolute Gasteiger partial charge is 0.494 e. The van der Waals surface area contributed by atoms with Gasteiger partial charge in [-0.25, -0.2) is 4.79 Å². The maximum atomic E-state index is 12.0. The Balaban J connectivity index is 1.82. The molecule has 0 saturated heterocycles. The second kappa shape index (κ2) is 8.97. The second-order valence-corrected chi connectivity index (χ2v) is 6.04. The highest BCUT2D eigenvalue weighted by Crippen LogP contribution is 2.19. The number of nitrogens with one attached hydrogen (secondary N) is 2. The minimum Gasteiger partial charge on any atom is -0.494 e. The number of benzene rings is 2. The predicted molar refractivity (Wildman–Crippen MR) is 100 cm³/mol. The summed E-state index contributed by atoms with van der Waals surface area (Å²) in [4.78, 5) is 12.0. The lowest BCUT2D eigenvalue weighted by Crippen LogP contribution is -2.39. The van der Waals surface area contributed by atoms with Crippen molar-refractivity contribution >= 4 is 11.7 Å². The number of hydrogen-bond acceptors (Lipinski definition) is 3. The number of urea groups is 1. The van der Waals surface area contributed by atoms with Gasteiger partial charge in [0.1, 0.15) is 11.5 Å². The standard InChI is InChI=1S/C20H26N2O3/c1-5-24-18-12-8-17(9-13-18)22-20(23)21-15(4)25-19-10-6-16(7-11-19)14(2)3/h6-15H,5H2,1-4H3,(H2,21,22,23). The van der Waals surface area contributed by atoms with Crippen molar-refractivity contribution in [1.29, 1.82) is 0 Å². The van der Waals surface area contributed by atoms with E-state index in [1.807, 2.05) is 43.3 Å². The summed E-state index contributed by atoms with van der Waals surface area (Å²) in [7, 11) is 0. The van der Waals surface area contributed by atoms with E-state index in [9.17, 15) is 4.79 Å². The molecule has 0 heterocycles. The van der Waals surface area contributed by atoms with E-state index in [-0.39, 0.29) is 6.03 Å². The molecule has 1 unspecified atom stereocenters. The van der Waals surface area contributed by atoms with Crippen molar-refractivity contribution in [2.75, 3.05) is 11.9 Å². The van der Waals surface area contributed by atoms with Gasteiger partial charge in [0.05, 0.1) is 6.61 Å². The van der Waals surface area contributed by atoms with Gasteiger partial charge >= 0.3 is 6.03 Å². The number of anilines is 1. The molecular formula is C20H26N2O3. The Morgan fingerprint density at radius 2 is 1.56 bits per heavy atom. The zero-order valence-corrected chi connectivity index (χ0v) is 15.2. The van der Waals surface area contributed by atoms with Crippen molar-refractivity contribution < 1.29 is 14.3 Å². The third-order valence-corrected chi connectivity index (χ3v) is 3.62. The van der Waals surface area contributed by atoms with E-state index in [1.165, 1.54) is 5.56 Å². The summed E-state index contributed by atoms with van der Waals surface area (Å²) in [5, 5.41) is 5.52. The first-order valence-corrected chi connectivity index (χ1v) is 8.55. The molecule has 0 aromatic heterocycles. The number of hydrogen-bond donors (Lipinski definition) is 2. The number of carbonyl (C=O) groups is 1. The van der Waals surface area contributed by atoms with Crippen LogP contribution in [0.2, 0.25) is 0 Å². The monoisotopic (exact) mass is 342 g/mol. The Labute approximate surface area is 149 Å². The van der Waals surface area contributed by atoms with Crippen LogP contribution in [0.1, 0.15) is 39.2 Å². The van der Waals surface area contributed by atoms with E-state index < -0.39 is 6.23 Å². The molecule has 5 heteroatoms. The molecule has 0 aliphatic carbocycles. The van der Waals surface area contributed by atoms with Gasteiger partial charge in [-0.2, -0.15) is 0 Å². The van der Waals surface area contributed by atoms with Gasteiger partial charge in [0, 0.05) is 5.69 Å². The fourth-order valence-corrected chi connectivity index (χ4v) is 2.32. The minimum absolute atomic E-state index is 0.324. The van der Waals surface area contributed by atoms with Crippen LogP contribution in [-0.4, -0.2) is 18.9 Å². The maximum absolute atomic E-state index is 12.0. The lowest BCUT2D eigenvalue weighted by molar-refractivity contribution is 0.183. The Kier molecular flexibility index (Phi) is 6.69. The fourth-order valence-electron chi connectivity index (χ4n) is 2.32. The summed E-state index contributed by atoms with van der Waals surface area (Å²) in [6.07, 6.45) is -0.451. The van der Waals surface area contributed by atoms with E-state index in [4.69, 9.17) is 9.47 Å². The van der Waals surface area contributed by atoms with Gasteiger partial charge in [-0.15, -0.1) is 0 Å². The molecule has 0 spiro atoms.